The van der Waals surface area contributed by atoms with Gasteiger partial charge in [-0.05, 0) is 29.8 Å². The highest BCUT2D eigenvalue weighted by Crippen LogP contribution is 2.20. The Labute approximate surface area is 125 Å². The number of hydrogen-bond acceptors (Lipinski definition) is 3. The topological polar surface area (TPSA) is 75.3 Å². The lowest BCUT2D eigenvalue weighted by Crippen LogP contribution is -2.19. The number of amides is 3. The summed E-state index contributed by atoms with van der Waals surface area (Å²) in [6.07, 6.45) is -0.116. The van der Waals surface area contributed by atoms with E-state index in [2.05, 4.69) is 10.6 Å². The summed E-state index contributed by atoms with van der Waals surface area (Å²) in [7, 11) is 0. The van der Waals surface area contributed by atoms with Gasteiger partial charge >= 0.3 is 0 Å². The summed E-state index contributed by atoms with van der Waals surface area (Å²) in [4.78, 5) is 34.9. The zero-order chi connectivity index (χ0) is 15.7. The Hall–Kier alpha value is -3.02. The van der Waals surface area contributed by atoms with Crippen LogP contribution in [0.15, 0.2) is 42.5 Å². The van der Waals surface area contributed by atoms with Crippen molar-refractivity contribution in [3.05, 3.63) is 65.0 Å². The molecule has 0 radical (unpaired) electrons. The number of carbonyl (C=O) groups is 3. The number of halogens is 1. The van der Waals surface area contributed by atoms with E-state index in [1.54, 1.807) is 12.1 Å². The Morgan fingerprint density at radius 1 is 1.05 bits per heavy atom. The van der Waals surface area contributed by atoms with Crippen molar-refractivity contribution < 1.29 is 18.8 Å². The molecule has 0 aromatic heterocycles. The van der Waals surface area contributed by atoms with E-state index >= 15 is 0 Å². The minimum atomic E-state index is -0.495. The molecule has 0 saturated carbocycles. The smallest absolute Gasteiger partial charge is 0.259 e. The maximum atomic E-state index is 13.5. The van der Waals surface area contributed by atoms with Crippen molar-refractivity contribution in [2.75, 3.05) is 5.32 Å². The number of carbonyl (C=O) groups excluding carboxylic acids is 3. The third-order valence-electron chi connectivity index (χ3n) is 3.33. The molecule has 0 fully saturated rings. The molecule has 0 unspecified atom stereocenters. The van der Waals surface area contributed by atoms with E-state index in [0.717, 1.165) is 0 Å². The molecule has 0 spiro atoms. The zero-order valence-electron chi connectivity index (χ0n) is 11.4. The van der Waals surface area contributed by atoms with Gasteiger partial charge in [0.1, 0.15) is 5.82 Å². The Kier molecular flexibility index (Phi) is 3.42. The zero-order valence-corrected chi connectivity index (χ0v) is 11.4. The lowest BCUT2D eigenvalue weighted by Gasteiger charge is -2.07. The van der Waals surface area contributed by atoms with Crippen molar-refractivity contribution in [1.29, 1.82) is 0 Å². The molecule has 0 aliphatic carbocycles. The van der Waals surface area contributed by atoms with E-state index < -0.39 is 23.5 Å². The first kappa shape index (κ1) is 13.9. The number of anilines is 1. The summed E-state index contributed by atoms with van der Waals surface area (Å²) in [6.45, 7) is 0. The van der Waals surface area contributed by atoms with E-state index in [4.69, 9.17) is 0 Å². The van der Waals surface area contributed by atoms with Gasteiger partial charge in [0.15, 0.2) is 0 Å². The normalized spacial score (nSPS) is 12.8. The Balaban J connectivity index is 1.75. The third-order valence-corrected chi connectivity index (χ3v) is 3.33. The maximum absolute atomic E-state index is 13.5. The van der Waals surface area contributed by atoms with Gasteiger partial charge in [-0.25, -0.2) is 4.39 Å². The van der Waals surface area contributed by atoms with Crippen LogP contribution in [-0.4, -0.2) is 17.7 Å². The largest absolute Gasteiger partial charge is 0.326 e. The van der Waals surface area contributed by atoms with Crippen LogP contribution >= 0.6 is 0 Å². The van der Waals surface area contributed by atoms with Crippen molar-refractivity contribution in [3.63, 3.8) is 0 Å². The third kappa shape index (κ3) is 2.58. The number of imide groups is 1. The molecule has 5 nitrogen and oxygen atoms in total. The minimum Gasteiger partial charge on any atom is -0.326 e. The molecule has 3 amide bonds. The van der Waals surface area contributed by atoms with Gasteiger partial charge in [0.05, 0.1) is 17.5 Å². The lowest BCUT2D eigenvalue weighted by molar-refractivity contribution is -0.115. The highest BCUT2D eigenvalue weighted by molar-refractivity contribution is 6.22. The molecule has 110 valence electrons. The van der Waals surface area contributed by atoms with Crippen LogP contribution in [0.5, 0.6) is 0 Å². The fourth-order valence-electron chi connectivity index (χ4n) is 2.27. The highest BCUT2D eigenvalue weighted by atomic mass is 19.1. The van der Waals surface area contributed by atoms with Crippen LogP contribution in [0.3, 0.4) is 0 Å². The first-order chi connectivity index (χ1) is 10.5. The quantitative estimate of drug-likeness (QED) is 0.850. The SMILES string of the molecule is O=C(Cc1ccccc1F)Nc1ccc2c(c1)C(=O)NC2=O. The molecular formula is C16H11FN2O3. The Morgan fingerprint density at radius 2 is 1.77 bits per heavy atom. The van der Waals surface area contributed by atoms with Gasteiger partial charge in [-0.1, -0.05) is 18.2 Å². The van der Waals surface area contributed by atoms with E-state index in [0.29, 0.717) is 5.69 Å². The van der Waals surface area contributed by atoms with Crippen LogP contribution in [0.25, 0.3) is 0 Å². The second kappa shape index (κ2) is 5.40. The van der Waals surface area contributed by atoms with Crippen LogP contribution in [-0.2, 0) is 11.2 Å². The van der Waals surface area contributed by atoms with Crippen molar-refractivity contribution in [2.24, 2.45) is 0 Å². The molecule has 0 atom stereocenters. The lowest BCUT2D eigenvalue weighted by atomic mass is 10.1. The molecule has 0 bridgehead atoms. The predicted octanol–water partition coefficient (Wildman–Crippen LogP) is 1.89. The summed E-state index contributed by atoms with van der Waals surface area (Å²) in [5.41, 5.74) is 1.16. The second-order valence-corrected chi connectivity index (χ2v) is 4.86. The second-order valence-electron chi connectivity index (χ2n) is 4.86. The molecule has 1 aliphatic heterocycles. The fourth-order valence-corrected chi connectivity index (χ4v) is 2.27. The number of hydrogen-bond donors (Lipinski definition) is 2. The van der Waals surface area contributed by atoms with Gasteiger partial charge in [-0.3, -0.25) is 19.7 Å². The highest BCUT2D eigenvalue weighted by Gasteiger charge is 2.26. The Bertz CT molecular complexity index is 802. The predicted molar refractivity (Wildman–Crippen MR) is 77.0 cm³/mol. The number of fused-ring (bicyclic) bond motifs is 1. The first-order valence-corrected chi connectivity index (χ1v) is 6.57. The van der Waals surface area contributed by atoms with Crippen molar-refractivity contribution >= 4 is 23.4 Å². The van der Waals surface area contributed by atoms with E-state index in [-0.39, 0.29) is 23.1 Å². The minimum absolute atomic E-state index is 0.116. The molecule has 2 N–H and O–H groups in total. The molecule has 0 saturated heterocycles. The average molecular weight is 298 g/mol. The number of benzene rings is 2. The van der Waals surface area contributed by atoms with Crippen LogP contribution in [0.2, 0.25) is 0 Å². The summed E-state index contributed by atoms with van der Waals surface area (Å²) in [5.74, 6) is -1.80. The molecular weight excluding hydrogens is 287 g/mol. The van der Waals surface area contributed by atoms with Crippen LogP contribution in [0.4, 0.5) is 10.1 Å². The molecule has 6 heteroatoms. The van der Waals surface area contributed by atoms with Gasteiger partial charge in [0.2, 0.25) is 5.91 Å². The monoisotopic (exact) mass is 298 g/mol. The fraction of sp³-hybridized carbons (Fsp3) is 0.0625. The summed E-state index contributed by atoms with van der Waals surface area (Å²) < 4.78 is 13.5. The van der Waals surface area contributed by atoms with Crippen LogP contribution in [0.1, 0.15) is 26.3 Å². The van der Waals surface area contributed by atoms with Crippen LogP contribution in [0, 0.1) is 5.82 Å². The maximum Gasteiger partial charge on any atom is 0.259 e. The summed E-state index contributed by atoms with van der Waals surface area (Å²) >= 11 is 0. The summed E-state index contributed by atoms with van der Waals surface area (Å²) in [5, 5.41) is 4.76. The molecule has 1 heterocycles. The van der Waals surface area contributed by atoms with E-state index in [1.807, 2.05) is 0 Å². The van der Waals surface area contributed by atoms with E-state index in [9.17, 15) is 18.8 Å². The summed E-state index contributed by atoms with van der Waals surface area (Å²) in [6, 6.07) is 10.4. The van der Waals surface area contributed by atoms with Gasteiger partial charge in [0, 0.05) is 5.69 Å². The van der Waals surface area contributed by atoms with Crippen molar-refractivity contribution in [1.82, 2.24) is 5.32 Å². The number of nitrogens with one attached hydrogen (secondary N) is 2. The van der Waals surface area contributed by atoms with Crippen molar-refractivity contribution in [3.8, 4) is 0 Å². The molecule has 3 rings (SSSR count). The molecule has 22 heavy (non-hydrogen) atoms. The first-order valence-electron chi connectivity index (χ1n) is 6.57. The van der Waals surface area contributed by atoms with E-state index in [1.165, 1.54) is 30.3 Å². The average Bonchev–Trinajstić information content (AvgIpc) is 2.76. The van der Waals surface area contributed by atoms with Gasteiger partial charge in [0.25, 0.3) is 11.8 Å². The standard InChI is InChI=1S/C16H11FN2O3/c17-13-4-2-1-3-9(13)7-14(20)18-10-5-6-11-12(8-10)16(22)19-15(11)21/h1-6,8H,7H2,(H,18,20)(H,19,21,22). The Morgan fingerprint density at radius 3 is 2.55 bits per heavy atom. The van der Waals surface area contributed by atoms with Gasteiger partial charge < -0.3 is 5.32 Å². The number of rotatable bonds is 3. The van der Waals surface area contributed by atoms with Gasteiger partial charge in [-0.15, -0.1) is 0 Å². The van der Waals surface area contributed by atoms with Gasteiger partial charge in [-0.2, -0.15) is 0 Å². The van der Waals surface area contributed by atoms with Crippen LogP contribution < -0.4 is 10.6 Å². The molecule has 1 aliphatic rings. The van der Waals surface area contributed by atoms with Crippen molar-refractivity contribution in [2.45, 2.75) is 6.42 Å². The molecule has 2 aromatic rings. The molecule has 2 aromatic carbocycles.